The number of halogens is 1. The minimum atomic E-state index is -0.269. The van der Waals surface area contributed by atoms with Gasteiger partial charge in [0.2, 0.25) is 0 Å². The summed E-state index contributed by atoms with van der Waals surface area (Å²) >= 11 is 0. The van der Waals surface area contributed by atoms with E-state index in [1.807, 2.05) is 16.8 Å². The summed E-state index contributed by atoms with van der Waals surface area (Å²) in [6.45, 7) is 2.22. The molecule has 1 aromatic carbocycles. The lowest BCUT2D eigenvalue weighted by atomic mass is 10.1. The third-order valence-electron chi connectivity index (χ3n) is 3.07. The highest BCUT2D eigenvalue weighted by Gasteiger charge is 2.02. The largest absolute Gasteiger partial charge is 0.337 e. The van der Waals surface area contributed by atoms with Crippen LogP contribution in [0.2, 0.25) is 0 Å². The van der Waals surface area contributed by atoms with Crippen molar-refractivity contribution >= 4 is 0 Å². The summed E-state index contributed by atoms with van der Waals surface area (Å²) in [5.74, 6) is -0.269. The molecular weight excluding hydrogens is 255 g/mol. The number of nitrogens with one attached hydrogen (secondary N) is 1. The van der Waals surface area contributed by atoms with Crippen molar-refractivity contribution in [2.75, 3.05) is 6.54 Å². The normalized spacial score (nSPS) is 10.4. The average molecular weight is 272 g/mol. The number of hydrogen-bond acceptors (Lipinski definition) is 3. The molecule has 104 valence electrons. The van der Waals surface area contributed by atoms with Crippen LogP contribution in [0.25, 0.3) is 0 Å². The maximum absolute atomic E-state index is 13.5. The standard InChI is InChI=1S/C15H17FN4/c16-15-4-3-13(10-17)9-14(15)11-18-5-1-2-7-20-8-6-19-12-20/h3-4,6,8-9,12,18H,1-2,5,7,11H2. The molecule has 1 N–H and O–H groups in total. The lowest BCUT2D eigenvalue weighted by Gasteiger charge is -2.07. The molecule has 0 fully saturated rings. The Labute approximate surface area is 117 Å². The summed E-state index contributed by atoms with van der Waals surface area (Å²) in [6.07, 6.45) is 7.57. The van der Waals surface area contributed by atoms with Crippen molar-refractivity contribution in [3.63, 3.8) is 0 Å². The fourth-order valence-electron chi connectivity index (χ4n) is 1.97. The van der Waals surface area contributed by atoms with Gasteiger partial charge in [0, 0.05) is 31.0 Å². The van der Waals surface area contributed by atoms with Crippen molar-refractivity contribution in [1.82, 2.24) is 14.9 Å². The minimum Gasteiger partial charge on any atom is -0.337 e. The first-order chi connectivity index (χ1) is 9.79. The monoisotopic (exact) mass is 272 g/mol. The highest BCUT2D eigenvalue weighted by Crippen LogP contribution is 2.09. The van der Waals surface area contributed by atoms with E-state index in [2.05, 4.69) is 10.3 Å². The van der Waals surface area contributed by atoms with Gasteiger partial charge in [-0.1, -0.05) is 0 Å². The number of aryl methyl sites for hydroxylation is 1. The van der Waals surface area contributed by atoms with Gasteiger partial charge >= 0.3 is 0 Å². The van der Waals surface area contributed by atoms with E-state index in [0.29, 0.717) is 17.7 Å². The number of imidazole rings is 1. The average Bonchev–Trinajstić information content (AvgIpc) is 2.97. The van der Waals surface area contributed by atoms with E-state index in [1.54, 1.807) is 18.6 Å². The molecule has 0 bridgehead atoms. The summed E-state index contributed by atoms with van der Waals surface area (Å²) in [7, 11) is 0. The van der Waals surface area contributed by atoms with Crippen LogP contribution in [0.5, 0.6) is 0 Å². The third-order valence-corrected chi connectivity index (χ3v) is 3.07. The van der Waals surface area contributed by atoms with Gasteiger partial charge in [-0.05, 0) is 37.6 Å². The quantitative estimate of drug-likeness (QED) is 0.788. The zero-order valence-corrected chi connectivity index (χ0v) is 11.2. The molecule has 0 unspecified atom stereocenters. The molecule has 1 aromatic heterocycles. The van der Waals surface area contributed by atoms with Crippen LogP contribution in [-0.2, 0) is 13.1 Å². The summed E-state index contributed by atoms with van der Waals surface area (Å²) in [4.78, 5) is 3.98. The number of unbranched alkanes of at least 4 members (excludes halogenated alkanes) is 1. The smallest absolute Gasteiger partial charge is 0.127 e. The summed E-state index contributed by atoms with van der Waals surface area (Å²) in [6, 6.07) is 6.44. The SMILES string of the molecule is N#Cc1ccc(F)c(CNCCCCn2ccnc2)c1. The molecule has 5 heteroatoms. The summed E-state index contributed by atoms with van der Waals surface area (Å²) in [5.41, 5.74) is 1.03. The predicted molar refractivity (Wildman–Crippen MR) is 74.3 cm³/mol. The van der Waals surface area contributed by atoms with Crippen LogP contribution < -0.4 is 5.32 Å². The van der Waals surface area contributed by atoms with Gasteiger partial charge in [0.1, 0.15) is 5.82 Å². The first-order valence-electron chi connectivity index (χ1n) is 6.64. The van der Waals surface area contributed by atoms with Gasteiger partial charge in [0.05, 0.1) is 18.0 Å². The first-order valence-corrected chi connectivity index (χ1v) is 6.64. The van der Waals surface area contributed by atoms with Gasteiger partial charge in [-0.25, -0.2) is 9.37 Å². The van der Waals surface area contributed by atoms with E-state index in [-0.39, 0.29) is 5.82 Å². The highest BCUT2D eigenvalue weighted by molar-refractivity contribution is 5.33. The van der Waals surface area contributed by atoms with Gasteiger partial charge in [-0.2, -0.15) is 5.26 Å². The van der Waals surface area contributed by atoms with Crippen LogP contribution in [0.4, 0.5) is 4.39 Å². The Morgan fingerprint density at radius 1 is 1.35 bits per heavy atom. The van der Waals surface area contributed by atoms with E-state index in [0.717, 1.165) is 25.9 Å². The maximum Gasteiger partial charge on any atom is 0.127 e. The second-order valence-electron chi connectivity index (χ2n) is 4.60. The Hall–Kier alpha value is -2.19. The lowest BCUT2D eigenvalue weighted by Crippen LogP contribution is -2.16. The van der Waals surface area contributed by atoms with Gasteiger partial charge in [-0.15, -0.1) is 0 Å². The van der Waals surface area contributed by atoms with Gasteiger partial charge in [0.15, 0.2) is 0 Å². The second kappa shape index (κ2) is 7.41. The van der Waals surface area contributed by atoms with Crippen molar-refractivity contribution in [2.24, 2.45) is 0 Å². The van der Waals surface area contributed by atoms with Gasteiger partial charge < -0.3 is 9.88 Å². The molecule has 0 amide bonds. The summed E-state index contributed by atoms with van der Waals surface area (Å²) in [5, 5.41) is 12.0. The fourth-order valence-corrected chi connectivity index (χ4v) is 1.97. The van der Waals surface area contributed by atoms with Crippen LogP contribution in [0.15, 0.2) is 36.9 Å². The zero-order valence-electron chi connectivity index (χ0n) is 11.2. The number of nitrogens with zero attached hydrogens (tertiary/aromatic N) is 3. The number of hydrogen-bond donors (Lipinski definition) is 1. The van der Waals surface area contributed by atoms with Crippen molar-refractivity contribution in [1.29, 1.82) is 5.26 Å². The molecule has 0 aliphatic carbocycles. The first kappa shape index (κ1) is 14.2. The van der Waals surface area contributed by atoms with Crippen molar-refractivity contribution in [3.8, 4) is 6.07 Å². The Balaban J connectivity index is 1.67. The van der Waals surface area contributed by atoms with Crippen LogP contribution in [0, 0.1) is 17.1 Å². The molecule has 0 saturated carbocycles. The van der Waals surface area contributed by atoms with E-state index in [1.165, 1.54) is 12.1 Å². The van der Waals surface area contributed by atoms with Crippen LogP contribution in [0.1, 0.15) is 24.0 Å². The molecule has 0 saturated heterocycles. The Kier molecular flexibility index (Phi) is 5.27. The zero-order chi connectivity index (χ0) is 14.2. The van der Waals surface area contributed by atoms with Crippen molar-refractivity contribution < 1.29 is 4.39 Å². The van der Waals surface area contributed by atoms with Gasteiger partial charge in [-0.3, -0.25) is 0 Å². The van der Waals surface area contributed by atoms with Crippen LogP contribution >= 0.6 is 0 Å². The Morgan fingerprint density at radius 3 is 3.00 bits per heavy atom. The Morgan fingerprint density at radius 2 is 2.25 bits per heavy atom. The van der Waals surface area contributed by atoms with Crippen LogP contribution in [0.3, 0.4) is 0 Å². The molecule has 0 spiro atoms. The van der Waals surface area contributed by atoms with Crippen LogP contribution in [-0.4, -0.2) is 16.1 Å². The van der Waals surface area contributed by atoms with E-state index in [9.17, 15) is 4.39 Å². The number of rotatable bonds is 7. The number of nitriles is 1. The Bertz CT molecular complexity index is 572. The molecular formula is C15H17FN4. The maximum atomic E-state index is 13.5. The third kappa shape index (κ3) is 4.18. The predicted octanol–water partition coefficient (Wildman–Crippen LogP) is 2.46. The van der Waals surface area contributed by atoms with E-state index < -0.39 is 0 Å². The van der Waals surface area contributed by atoms with Crippen molar-refractivity contribution in [3.05, 3.63) is 53.9 Å². The molecule has 0 aliphatic rings. The second-order valence-corrected chi connectivity index (χ2v) is 4.60. The molecule has 2 rings (SSSR count). The topological polar surface area (TPSA) is 53.6 Å². The molecule has 2 aromatic rings. The number of benzene rings is 1. The molecule has 1 heterocycles. The molecule has 0 aliphatic heterocycles. The van der Waals surface area contributed by atoms with E-state index >= 15 is 0 Å². The molecule has 4 nitrogen and oxygen atoms in total. The summed E-state index contributed by atoms with van der Waals surface area (Å²) < 4.78 is 15.5. The molecule has 0 atom stereocenters. The van der Waals surface area contributed by atoms with Crippen molar-refractivity contribution in [2.45, 2.75) is 25.9 Å². The molecule has 0 radical (unpaired) electrons. The highest BCUT2D eigenvalue weighted by atomic mass is 19.1. The number of aromatic nitrogens is 2. The minimum absolute atomic E-state index is 0.269. The molecule has 20 heavy (non-hydrogen) atoms. The lowest BCUT2D eigenvalue weighted by molar-refractivity contribution is 0.552. The van der Waals surface area contributed by atoms with E-state index in [4.69, 9.17) is 5.26 Å². The fraction of sp³-hybridized carbons (Fsp3) is 0.333. The van der Waals surface area contributed by atoms with Gasteiger partial charge in [0.25, 0.3) is 0 Å².